The highest BCUT2D eigenvalue weighted by Gasteiger charge is 2.20. The van der Waals surface area contributed by atoms with Crippen molar-refractivity contribution < 1.29 is 9.90 Å². The first-order valence-corrected chi connectivity index (χ1v) is 11.5. The molecular weight excluding hydrogens is 386 g/mol. The molecule has 5 nitrogen and oxygen atoms in total. The SMILES string of the molecule is CCN/C(C)=N/C(C)=C(\C=C(\C)CC)C(=O)N(CCC(C)CC)Cc1ccc(O)cc1. The lowest BCUT2D eigenvalue weighted by atomic mass is 10.0. The summed E-state index contributed by atoms with van der Waals surface area (Å²) in [5, 5.41) is 12.8. The molecule has 0 saturated heterocycles. The molecule has 0 fully saturated rings. The molecule has 0 aliphatic heterocycles. The van der Waals surface area contributed by atoms with E-state index in [-0.39, 0.29) is 11.7 Å². The van der Waals surface area contributed by atoms with Gasteiger partial charge in [-0.15, -0.1) is 0 Å². The van der Waals surface area contributed by atoms with Gasteiger partial charge in [-0.05, 0) is 70.2 Å². The van der Waals surface area contributed by atoms with Gasteiger partial charge in [0.2, 0.25) is 0 Å². The molecule has 0 saturated carbocycles. The Morgan fingerprint density at radius 1 is 1.16 bits per heavy atom. The first-order valence-electron chi connectivity index (χ1n) is 11.5. The maximum absolute atomic E-state index is 13.7. The van der Waals surface area contributed by atoms with Gasteiger partial charge < -0.3 is 15.3 Å². The summed E-state index contributed by atoms with van der Waals surface area (Å²) in [7, 11) is 0. The second-order valence-corrected chi connectivity index (χ2v) is 8.27. The van der Waals surface area contributed by atoms with E-state index in [1.165, 1.54) is 0 Å². The zero-order chi connectivity index (χ0) is 23.4. The van der Waals surface area contributed by atoms with Gasteiger partial charge in [0.1, 0.15) is 5.75 Å². The minimum Gasteiger partial charge on any atom is -0.508 e. The van der Waals surface area contributed by atoms with Gasteiger partial charge in [0.05, 0.1) is 17.1 Å². The largest absolute Gasteiger partial charge is 0.508 e. The highest BCUT2D eigenvalue weighted by Crippen LogP contribution is 2.20. The topological polar surface area (TPSA) is 64.9 Å². The number of hydrogen-bond acceptors (Lipinski definition) is 3. The molecule has 172 valence electrons. The molecule has 1 rings (SSSR count). The van der Waals surface area contributed by atoms with Crippen molar-refractivity contribution in [3.05, 3.63) is 52.7 Å². The van der Waals surface area contributed by atoms with Crippen LogP contribution >= 0.6 is 0 Å². The van der Waals surface area contributed by atoms with Crippen LogP contribution in [0, 0.1) is 5.92 Å². The fraction of sp³-hybridized carbons (Fsp3) is 0.538. The molecule has 0 aromatic heterocycles. The zero-order valence-corrected chi connectivity index (χ0v) is 20.5. The number of hydrogen-bond donors (Lipinski definition) is 2. The minimum atomic E-state index is -0.00488. The number of phenolic OH excluding ortho intramolecular Hbond substituents is 1. The number of carbonyl (C=O) groups excluding carboxylic acids is 1. The molecule has 2 N–H and O–H groups in total. The van der Waals surface area contributed by atoms with Crippen LogP contribution in [-0.4, -0.2) is 34.8 Å². The highest BCUT2D eigenvalue weighted by molar-refractivity contribution is 5.97. The Morgan fingerprint density at radius 3 is 2.35 bits per heavy atom. The van der Waals surface area contributed by atoms with Gasteiger partial charge in [-0.25, -0.2) is 4.99 Å². The number of carbonyl (C=O) groups is 1. The third-order valence-corrected chi connectivity index (χ3v) is 5.52. The number of phenols is 1. The number of nitrogens with zero attached hydrogens (tertiary/aromatic N) is 2. The molecule has 1 aromatic rings. The van der Waals surface area contributed by atoms with Crippen LogP contribution in [0.1, 0.15) is 73.3 Å². The lowest BCUT2D eigenvalue weighted by molar-refractivity contribution is -0.127. The Balaban J connectivity index is 3.35. The molecule has 1 unspecified atom stereocenters. The van der Waals surface area contributed by atoms with Crippen LogP contribution in [0.25, 0.3) is 0 Å². The van der Waals surface area contributed by atoms with Gasteiger partial charge in [-0.3, -0.25) is 4.79 Å². The smallest absolute Gasteiger partial charge is 0.255 e. The molecule has 0 spiro atoms. The highest BCUT2D eigenvalue weighted by atomic mass is 16.3. The number of allylic oxidation sites excluding steroid dienone is 2. The number of rotatable bonds is 11. The van der Waals surface area contributed by atoms with Gasteiger partial charge in [-0.2, -0.15) is 0 Å². The Labute approximate surface area is 189 Å². The summed E-state index contributed by atoms with van der Waals surface area (Å²) in [5.41, 5.74) is 3.50. The van der Waals surface area contributed by atoms with Crippen molar-refractivity contribution in [3.63, 3.8) is 0 Å². The Hall–Kier alpha value is -2.56. The van der Waals surface area contributed by atoms with Gasteiger partial charge >= 0.3 is 0 Å². The first-order chi connectivity index (χ1) is 14.7. The molecule has 1 atom stereocenters. The number of amides is 1. The van der Waals surface area contributed by atoms with Crippen LogP contribution in [0.2, 0.25) is 0 Å². The zero-order valence-electron chi connectivity index (χ0n) is 20.5. The number of aromatic hydroxyl groups is 1. The van der Waals surface area contributed by atoms with E-state index in [1.807, 2.05) is 50.8 Å². The molecule has 0 aliphatic rings. The van der Waals surface area contributed by atoms with Crippen LogP contribution in [0.3, 0.4) is 0 Å². The molecule has 1 aromatic carbocycles. The molecule has 0 aliphatic carbocycles. The van der Waals surface area contributed by atoms with Crippen LogP contribution in [0.15, 0.2) is 52.2 Å². The summed E-state index contributed by atoms with van der Waals surface area (Å²) >= 11 is 0. The number of amidine groups is 1. The third kappa shape index (κ3) is 9.41. The molecule has 0 bridgehead atoms. The summed E-state index contributed by atoms with van der Waals surface area (Å²) in [6.07, 6.45) is 4.89. The lowest BCUT2D eigenvalue weighted by Gasteiger charge is -2.25. The predicted octanol–water partition coefficient (Wildman–Crippen LogP) is 5.82. The van der Waals surface area contributed by atoms with Crippen molar-refractivity contribution in [2.45, 2.75) is 74.3 Å². The second-order valence-electron chi connectivity index (χ2n) is 8.27. The van der Waals surface area contributed by atoms with Gasteiger partial charge in [0.25, 0.3) is 5.91 Å². The third-order valence-electron chi connectivity index (χ3n) is 5.52. The van der Waals surface area contributed by atoms with Crippen LogP contribution in [-0.2, 0) is 11.3 Å². The second kappa shape index (κ2) is 13.7. The summed E-state index contributed by atoms with van der Waals surface area (Å²) < 4.78 is 0. The Kier molecular flexibility index (Phi) is 11.7. The van der Waals surface area contributed by atoms with E-state index in [9.17, 15) is 9.90 Å². The van der Waals surface area contributed by atoms with Crippen molar-refractivity contribution in [1.82, 2.24) is 10.2 Å². The quantitative estimate of drug-likeness (QED) is 0.202. The monoisotopic (exact) mass is 427 g/mol. The first kappa shape index (κ1) is 26.5. The molecule has 0 radical (unpaired) electrons. The van der Waals surface area contributed by atoms with Crippen molar-refractivity contribution >= 4 is 11.7 Å². The van der Waals surface area contributed by atoms with E-state index >= 15 is 0 Å². The van der Waals surface area contributed by atoms with Crippen molar-refractivity contribution in [1.29, 1.82) is 0 Å². The van der Waals surface area contributed by atoms with E-state index in [2.05, 4.69) is 31.1 Å². The number of benzene rings is 1. The normalized spacial score (nSPS) is 14.2. The Bertz CT molecular complexity index is 791. The minimum absolute atomic E-state index is 0.00488. The predicted molar refractivity (Wildman–Crippen MR) is 131 cm³/mol. The van der Waals surface area contributed by atoms with Crippen LogP contribution in [0.4, 0.5) is 0 Å². The van der Waals surface area contributed by atoms with Crippen molar-refractivity contribution in [3.8, 4) is 5.75 Å². The van der Waals surface area contributed by atoms with Crippen molar-refractivity contribution in [2.75, 3.05) is 13.1 Å². The molecule has 1 amide bonds. The molecular formula is C26H41N3O2. The lowest BCUT2D eigenvalue weighted by Crippen LogP contribution is -2.33. The van der Waals surface area contributed by atoms with Crippen molar-refractivity contribution in [2.24, 2.45) is 10.9 Å². The van der Waals surface area contributed by atoms with E-state index in [4.69, 9.17) is 0 Å². The molecule has 0 heterocycles. The number of nitrogens with one attached hydrogen (secondary N) is 1. The fourth-order valence-electron chi connectivity index (χ4n) is 3.10. The maximum Gasteiger partial charge on any atom is 0.255 e. The fourth-order valence-corrected chi connectivity index (χ4v) is 3.10. The number of aliphatic imine (C=N–C) groups is 1. The van der Waals surface area contributed by atoms with E-state index in [0.29, 0.717) is 24.6 Å². The van der Waals surface area contributed by atoms with Crippen LogP contribution in [0.5, 0.6) is 5.75 Å². The summed E-state index contributed by atoms with van der Waals surface area (Å²) in [6, 6.07) is 7.07. The molecule has 5 heteroatoms. The average molecular weight is 428 g/mol. The Morgan fingerprint density at radius 2 is 1.81 bits per heavy atom. The summed E-state index contributed by atoms with van der Waals surface area (Å²) in [6.45, 7) is 16.4. The van der Waals surface area contributed by atoms with E-state index in [0.717, 1.165) is 48.5 Å². The van der Waals surface area contributed by atoms with E-state index in [1.54, 1.807) is 12.1 Å². The van der Waals surface area contributed by atoms with Crippen LogP contribution < -0.4 is 5.32 Å². The van der Waals surface area contributed by atoms with E-state index < -0.39 is 0 Å². The standard InChI is InChI=1S/C26H41N3O2/c1-8-19(4)15-16-29(18-23-11-13-24(30)14-12-23)26(31)25(17-20(5)9-2)21(6)28-22(7)27-10-3/h11-14,17,19,30H,8-10,15-16,18H2,1-7H3,(H,27,28)/b20-17-,25-21+. The van der Waals surface area contributed by atoms with Gasteiger partial charge in [0.15, 0.2) is 0 Å². The van der Waals surface area contributed by atoms with Gasteiger partial charge in [-0.1, -0.05) is 44.9 Å². The summed E-state index contributed by atoms with van der Waals surface area (Å²) in [5.74, 6) is 1.57. The molecule has 31 heavy (non-hydrogen) atoms. The summed E-state index contributed by atoms with van der Waals surface area (Å²) in [4.78, 5) is 20.3. The average Bonchev–Trinajstić information content (AvgIpc) is 2.75. The van der Waals surface area contributed by atoms with Gasteiger partial charge in [0, 0.05) is 19.6 Å². The maximum atomic E-state index is 13.7.